The number of hydrogen-bond acceptors (Lipinski definition) is 3. The SMILES string of the molecule is COC1C=C(CCCCCO)C=CC1N. The van der Waals surface area contributed by atoms with Crippen LogP contribution in [0.4, 0.5) is 0 Å². The molecule has 1 rings (SSSR count). The number of allylic oxidation sites excluding steroid dienone is 2. The van der Waals surface area contributed by atoms with Crippen molar-refractivity contribution in [3.63, 3.8) is 0 Å². The molecule has 0 heterocycles. The standard InChI is InChI=1S/C12H21NO2/c1-15-12-9-10(6-7-11(12)13)5-3-2-4-8-14/h6-7,9,11-12,14H,2-5,8,13H2,1H3. The third-order valence-electron chi connectivity index (χ3n) is 2.69. The van der Waals surface area contributed by atoms with Crippen LogP contribution in [0.3, 0.4) is 0 Å². The Kier molecular flexibility index (Phi) is 5.61. The lowest BCUT2D eigenvalue weighted by molar-refractivity contribution is 0.128. The van der Waals surface area contributed by atoms with Gasteiger partial charge in [-0.05, 0) is 24.8 Å². The Labute approximate surface area is 91.6 Å². The molecule has 0 saturated heterocycles. The molecule has 0 aliphatic heterocycles. The van der Waals surface area contributed by atoms with E-state index in [-0.39, 0.29) is 12.1 Å². The van der Waals surface area contributed by atoms with Crippen LogP contribution in [0.2, 0.25) is 0 Å². The predicted molar refractivity (Wildman–Crippen MR) is 61.5 cm³/mol. The fourth-order valence-corrected chi connectivity index (χ4v) is 1.73. The average molecular weight is 211 g/mol. The van der Waals surface area contributed by atoms with Crippen LogP contribution in [0.5, 0.6) is 0 Å². The summed E-state index contributed by atoms with van der Waals surface area (Å²) in [6.45, 7) is 0.292. The van der Waals surface area contributed by atoms with E-state index in [9.17, 15) is 0 Å². The molecule has 0 spiro atoms. The monoisotopic (exact) mass is 211 g/mol. The van der Waals surface area contributed by atoms with Crippen LogP contribution in [-0.4, -0.2) is 31.0 Å². The minimum atomic E-state index is -0.0174. The van der Waals surface area contributed by atoms with Gasteiger partial charge >= 0.3 is 0 Å². The Balaban J connectivity index is 2.32. The second-order valence-corrected chi connectivity index (χ2v) is 3.91. The molecular formula is C12H21NO2. The molecule has 0 fully saturated rings. The van der Waals surface area contributed by atoms with E-state index in [1.165, 1.54) is 5.57 Å². The summed E-state index contributed by atoms with van der Waals surface area (Å²) in [7, 11) is 1.68. The van der Waals surface area contributed by atoms with Gasteiger partial charge in [-0.25, -0.2) is 0 Å². The zero-order chi connectivity index (χ0) is 11.1. The van der Waals surface area contributed by atoms with Crippen LogP contribution < -0.4 is 5.73 Å². The highest BCUT2D eigenvalue weighted by atomic mass is 16.5. The quantitative estimate of drug-likeness (QED) is 0.653. The predicted octanol–water partition coefficient (Wildman–Crippen LogP) is 1.38. The fourth-order valence-electron chi connectivity index (χ4n) is 1.73. The minimum Gasteiger partial charge on any atom is -0.396 e. The van der Waals surface area contributed by atoms with Crippen molar-refractivity contribution in [2.75, 3.05) is 13.7 Å². The van der Waals surface area contributed by atoms with E-state index in [0.717, 1.165) is 25.7 Å². The molecule has 0 aromatic rings. The highest BCUT2D eigenvalue weighted by Crippen LogP contribution is 2.17. The number of methoxy groups -OCH3 is 1. The lowest BCUT2D eigenvalue weighted by Gasteiger charge is -2.21. The molecule has 2 atom stereocenters. The number of aliphatic hydroxyl groups is 1. The average Bonchev–Trinajstić information content (AvgIpc) is 2.26. The second-order valence-electron chi connectivity index (χ2n) is 3.91. The highest BCUT2D eigenvalue weighted by Gasteiger charge is 2.15. The van der Waals surface area contributed by atoms with Crippen molar-refractivity contribution >= 4 is 0 Å². The third-order valence-corrected chi connectivity index (χ3v) is 2.69. The second kappa shape index (κ2) is 6.77. The maximum atomic E-state index is 8.65. The smallest absolute Gasteiger partial charge is 0.0944 e. The van der Waals surface area contributed by atoms with E-state index in [1.807, 2.05) is 6.08 Å². The van der Waals surface area contributed by atoms with Crippen molar-refractivity contribution in [3.05, 3.63) is 23.8 Å². The van der Waals surface area contributed by atoms with E-state index >= 15 is 0 Å². The first-order chi connectivity index (χ1) is 7.27. The number of rotatable bonds is 6. The summed E-state index contributed by atoms with van der Waals surface area (Å²) in [4.78, 5) is 0. The first-order valence-corrected chi connectivity index (χ1v) is 5.56. The Morgan fingerprint density at radius 1 is 1.40 bits per heavy atom. The van der Waals surface area contributed by atoms with Gasteiger partial charge in [-0.15, -0.1) is 0 Å². The van der Waals surface area contributed by atoms with Crippen LogP contribution in [0.15, 0.2) is 23.8 Å². The van der Waals surface area contributed by atoms with Gasteiger partial charge in [-0.1, -0.05) is 24.6 Å². The van der Waals surface area contributed by atoms with Crippen LogP contribution in [0, 0.1) is 0 Å². The van der Waals surface area contributed by atoms with E-state index in [0.29, 0.717) is 6.61 Å². The molecule has 3 N–H and O–H groups in total. The van der Waals surface area contributed by atoms with Crippen molar-refractivity contribution < 1.29 is 9.84 Å². The van der Waals surface area contributed by atoms with Crippen LogP contribution in [0.25, 0.3) is 0 Å². The van der Waals surface area contributed by atoms with Gasteiger partial charge in [0.2, 0.25) is 0 Å². The largest absolute Gasteiger partial charge is 0.396 e. The van der Waals surface area contributed by atoms with E-state index in [1.54, 1.807) is 7.11 Å². The molecule has 0 bridgehead atoms. The van der Waals surface area contributed by atoms with Gasteiger partial charge in [0.1, 0.15) is 0 Å². The topological polar surface area (TPSA) is 55.5 Å². The first-order valence-electron chi connectivity index (χ1n) is 5.56. The van der Waals surface area contributed by atoms with Crippen molar-refractivity contribution in [1.82, 2.24) is 0 Å². The Morgan fingerprint density at radius 2 is 2.20 bits per heavy atom. The number of nitrogens with two attached hydrogens (primary N) is 1. The number of unbranched alkanes of at least 4 members (excludes halogenated alkanes) is 2. The van der Waals surface area contributed by atoms with E-state index in [4.69, 9.17) is 15.6 Å². The molecule has 1 aliphatic rings. The van der Waals surface area contributed by atoms with Gasteiger partial charge in [0, 0.05) is 13.7 Å². The van der Waals surface area contributed by atoms with Gasteiger partial charge in [0.25, 0.3) is 0 Å². The molecule has 1 aliphatic carbocycles. The van der Waals surface area contributed by atoms with E-state index in [2.05, 4.69) is 12.2 Å². The number of ether oxygens (including phenoxy) is 1. The van der Waals surface area contributed by atoms with Gasteiger partial charge in [0.05, 0.1) is 12.1 Å². The molecule has 3 heteroatoms. The van der Waals surface area contributed by atoms with Crippen LogP contribution >= 0.6 is 0 Å². The molecule has 0 radical (unpaired) electrons. The van der Waals surface area contributed by atoms with Gasteiger partial charge in [-0.2, -0.15) is 0 Å². The van der Waals surface area contributed by atoms with Crippen molar-refractivity contribution in [1.29, 1.82) is 0 Å². The summed E-state index contributed by atoms with van der Waals surface area (Å²) in [5.74, 6) is 0. The van der Waals surface area contributed by atoms with Gasteiger partial charge in [0.15, 0.2) is 0 Å². The lowest BCUT2D eigenvalue weighted by Crippen LogP contribution is -2.34. The molecule has 15 heavy (non-hydrogen) atoms. The summed E-state index contributed by atoms with van der Waals surface area (Å²) >= 11 is 0. The normalized spacial score (nSPS) is 25.4. The Morgan fingerprint density at radius 3 is 2.87 bits per heavy atom. The van der Waals surface area contributed by atoms with Gasteiger partial charge < -0.3 is 15.6 Å². The molecule has 86 valence electrons. The number of hydrogen-bond donors (Lipinski definition) is 2. The van der Waals surface area contributed by atoms with E-state index < -0.39 is 0 Å². The number of aliphatic hydroxyl groups excluding tert-OH is 1. The molecular weight excluding hydrogens is 190 g/mol. The van der Waals surface area contributed by atoms with Crippen molar-refractivity contribution in [3.8, 4) is 0 Å². The third kappa shape index (κ3) is 4.16. The molecule has 0 amide bonds. The maximum absolute atomic E-state index is 8.65. The van der Waals surface area contributed by atoms with Crippen molar-refractivity contribution in [2.45, 2.75) is 37.8 Å². The van der Waals surface area contributed by atoms with Crippen LogP contribution in [0.1, 0.15) is 25.7 Å². The molecule has 0 aromatic heterocycles. The lowest BCUT2D eigenvalue weighted by atomic mass is 9.97. The molecule has 2 unspecified atom stereocenters. The Hall–Kier alpha value is -0.640. The van der Waals surface area contributed by atoms with Crippen LogP contribution in [-0.2, 0) is 4.74 Å². The van der Waals surface area contributed by atoms with Gasteiger partial charge in [-0.3, -0.25) is 0 Å². The minimum absolute atomic E-state index is 0.0165. The summed E-state index contributed by atoms with van der Waals surface area (Å²) in [5.41, 5.74) is 7.13. The fraction of sp³-hybridized carbons (Fsp3) is 0.667. The first kappa shape index (κ1) is 12.4. The molecule has 3 nitrogen and oxygen atoms in total. The molecule has 0 saturated carbocycles. The molecule has 0 aromatic carbocycles. The zero-order valence-electron chi connectivity index (χ0n) is 9.36. The van der Waals surface area contributed by atoms with Crippen molar-refractivity contribution in [2.24, 2.45) is 5.73 Å². The summed E-state index contributed by atoms with van der Waals surface area (Å²) in [6.07, 6.45) is 10.3. The zero-order valence-corrected chi connectivity index (χ0v) is 9.36. The Bertz CT molecular complexity index is 236. The summed E-state index contributed by atoms with van der Waals surface area (Å²) in [6, 6.07) is -0.0174. The highest BCUT2D eigenvalue weighted by molar-refractivity contribution is 5.28. The summed E-state index contributed by atoms with van der Waals surface area (Å²) < 4.78 is 5.27. The maximum Gasteiger partial charge on any atom is 0.0944 e. The summed E-state index contributed by atoms with van der Waals surface area (Å²) in [5, 5.41) is 8.65.